The Balaban J connectivity index is 1.90. The van der Waals surface area contributed by atoms with Crippen LogP contribution in [0.3, 0.4) is 0 Å². The Bertz CT molecular complexity index is 656. The lowest BCUT2D eigenvalue weighted by molar-refractivity contribution is 0.0685. The molecule has 0 radical (unpaired) electrons. The third-order valence-corrected chi connectivity index (χ3v) is 4.93. The van der Waals surface area contributed by atoms with Crippen LogP contribution in [0.15, 0.2) is 24.3 Å². The summed E-state index contributed by atoms with van der Waals surface area (Å²) < 4.78 is 1.91. The summed E-state index contributed by atoms with van der Waals surface area (Å²) >= 11 is 6.19. The van der Waals surface area contributed by atoms with E-state index in [-0.39, 0.29) is 0 Å². The van der Waals surface area contributed by atoms with E-state index in [9.17, 15) is 9.90 Å². The maximum atomic E-state index is 11.5. The van der Waals surface area contributed by atoms with Crippen molar-refractivity contribution in [2.45, 2.75) is 45.1 Å². The van der Waals surface area contributed by atoms with Gasteiger partial charge in [0.05, 0.1) is 5.52 Å². The van der Waals surface area contributed by atoms with Crippen molar-refractivity contribution in [2.24, 2.45) is 5.92 Å². The molecule has 3 nitrogen and oxygen atoms in total. The molecular weight excluding hydrogens is 286 g/mol. The molecule has 1 aliphatic rings. The van der Waals surface area contributed by atoms with Crippen molar-refractivity contribution >= 4 is 28.5 Å². The van der Waals surface area contributed by atoms with Crippen LogP contribution in [0.25, 0.3) is 10.9 Å². The summed E-state index contributed by atoms with van der Waals surface area (Å²) in [4.78, 5) is 11.5. The lowest BCUT2D eigenvalue weighted by Gasteiger charge is -2.22. The van der Waals surface area contributed by atoms with Crippen molar-refractivity contribution in [3.8, 4) is 0 Å². The third kappa shape index (κ3) is 2.93. The lowest BCUT2D eigenvalue weighted by atomic mass is 9.87. The van der Waals surface area contributed by atoms with Gasteiger partial charge in [-0.3, -0.25) is 0 Å². The van der Waals surface area contributed by atoms with Crippen LogP contribution < -0.4 is 0 Å². The maximum absolute atomic E-state index is 11.5. The molecule has 4 heteroatoms. The van der Waals surface area contributed by atoms with Gasteiger partial charge < -0.3 is 9.67 Å². The van der Waals surface area contributed by atoms with E-state index >= 15 is 0 Å². The van der Waals surface area contributed by atoms with Gasteiger partial charge in [0.15, 0.2) is 0 Å². The van der Waals surface area contributed by atoms with Gasteiger partial charge in [0.25, 0.3) is 0 Å². The van der Waals surface area contributed by atoms with E-state index in [4.69, 9.17) is 11.6 Å². The molecule has 0 aliphatic heterocycles. The van der Waals surface area contributed by atoms with Crippen LogP contribution in [0.1, 0.15) is 49.0 Å². The average Bonchev–Trinajstić information content (AvgIpc) is 2.87. The van der Waals surface area contributed by atoms with Crippen LogP contribution in [-0.4, -0.2) is 15.6 Å². The van der Waals surface area contributed by atoms with Gasteiger partial charge in [-0.2, -0.15) is 0 Å². The number of aryl methyl sites for hydroxylation is 1. The number of benzene rings is 1. The molecule has 1 aromatic carbocycles. The normalized spacial score (nSPS) is 16.4. The van der Waals surface area contributed by atoms with Crippen molar-refractivity contribution in [1.29, 1.82) is 0 Å². The van der Waals surface area contributed by atoms with Gasteiger partial charge in [-0.05, 0) is 30.5 Å². The van der Waals surface area contributed by atoms with Gasteiger partial charge in [0.2, 0.25) is 0 Å². The summed E-state index contributed by atoms with van der Waals surface area (Å²) in [5, 5.41) is 10.9. The highest BCUT2D eigenvalue weighted by Gasteiger charge is 2.18. The molecule has 2 aromatic rings. The number of carboxylic acids is 1. The summed E-state index contributed by atoms with van der Waals surface area (Å²) in [5.41, 5.74) is 1.27. The second kappa shape index (κ2) is 6.10. The lowest BCUT2D eigenvalue weighted by Crippen LogP contribution is -2.13. The van der Waals surface area contributed by atoms with Gasteiger partial charge in [-0.1, -0.05) is 49.8 Å². The van der Waals surface area contributed by atoms with E-state index in [1.807, 2.05) is 16.7 Å². The van der Waals surface area contributed by atoms with Gasteiger partial charge in [0, 0.05) is 17.0 Å². The molecule has 0 bridgehead atoms. The standard InChI is InChI=1S/C17H20ClNO2/c18-14-7-4-8-15-13(14)11-16(17(20)21)19(15)10-9-12-5-2-1-3-6-12/h4,7-8,11-12H,1-3,5-6,9-10H2,(H,20,21). The number of rotatable bonds is 4. The number of halogens is 1. The van der Waals surface area contributed by atoms with Crippen LogP contribution in [0, 0.1) is 5.92 Å². The monoisotopic (exact) mass is 305 g/mol. The molecular formula is C17H20ClNO2. The Morgan fingerprint density at radius 3 is 2.76 bits per heavy atom. The van der Waals surface area contributed by atoms with Gasteiger partial charge >= 0.3 is 5.97 Å². The minimum absolute atomic E-state index is 0.342. The summed E-state index contributed by atoms with van der Waals surface area (Å²) in [6.45, 7) is 0.760. The van der Waals surface area contributed by atoms with Crippen molar-refractivity contribution in [1.82, 2.24) is 4.57 Å². The van der Waals surface area contributed by atoms with Crippen molar-refractivity contribution in [2.75, 3.05) is 0 Å². The summed E-state index contributed by atoms with van der Waals surface area (Å²) in [6.07, 6.45) is 7.59. The number of aromatic nitrogens is 1. The summed E-state index contributed by atoms with van der Waals surface area (Å²) in [5.74, 6) is -0.150. The first-order valence-corrected chi connectivity index (χ1v) is 8.05. The zero-order valence-corrected chi connectivity index (χ0v) is 12.8. The van der Waals surface area contributed by atoms with Crippen molar-refractivity contribution in [3.05, 3.63) is 35.0 Å². The van der Waals surface area contributed by atoms with Crippen LogP contribution in [0.4, 0.5) is 0 Å². The fourth-order valence-electron chi connectivity index (χ4n) is 3.45. The Hall–Kier alpha value is -1.48. The van der Waals surface area contributed by atoms with Crippen LogP contribution >= 0.6 is 11.6 Å². The highest BCUT2D eigenvalue weighted by molar-refractivity contribution is 6.35. The Kier molecular flexibility index (Phi) is 4.20. The quantitative estimate of drug-likeness (QED) is 0.867. The average molecular weight is 306 g/mol. The number of fused-ring (bicyclic) bond motifs is 1. The number of nitrogens with zero attached hydrogens (tertiary/aromatic N) is 1. The highest BCUT2D eigenvalue weighted by Crippen LogP contribution is 2.30. The molecule has 0 atom stereocenters. The minimum atomic E-state index is -0.883. The Morgan fingerprint density at radius 2 is 2.05 bits per heavy atom. The molecule has 1 N–H and O–H groups in total. The molecule has 1 heterocycles. The first-order valence-electron chi connectivity index (χ1n) is 7.68. The molecule has 0 unspecified atom stereocenters. The molecule has 0 spiro atoms. The van der Waals surface area contributed by atoms with Crippen LogP contribution in [0.2, 0.25) is 5.02 Å². The molecule has 21 heavy (non-hydrogen) atoms. The summed E-state index contributed by atoms with van der Waals surface area (Å²) in [7, 11) is 0. The molecule has 0 amide bonds. The summed E-state index contributed by atoms with van der Waals surface area (Å²) in [6, 6.07) is 7.34. The fraction of sp³-hybridized carbons (Fsp3) is 0.471. The van der Waals surface area contributed by atoms with Gasteiger partial charge in [0.1, 0.15) is 5.69 Å². The maximum Gasteiger partial charge on any atom is 0.352 e. The van der Waals surface area contributed by atoms with Gasteiger partial charge in [-0.15, -0.1) is 0 Å². The zero-order valence-electron chi connectivity index (χ0n) is 12.0. The molecule has 1 fully saturated rings. The Labute approximate surface area is 129 Å². The van der Waals surface area contributed by atoms with E-state index in [0.29, 0.717) is 10.7 Å². The first kappa shape index (κ1) is 14.5. The highest BCUT2D eigenvalue weighted by atomic mass is 35.5. The van der Waals surface area contributed by atoms with Crippen molar-refractivity contribution in [3.63, 3.8) is 0 Å². The fourth-order valence-corrected chi connectivity index (χ4v) is 3.68. The molecule has 1 saturated carbocycles. The number of carboxylic acid groups (broad SMARTS) is 1. The molecule has 1 aromatic heterocycles. The molecule has 3 rings (SSSR count). The largest absolute Gasteiger partial charge is 0.477 e. The first-order chi connectivity index (χ1) is 10.2. The van der Waals surface area contributed by atoms with Crippen molar-refractivity contribution < 1.29 is 9.90 Å². The van der Waals surface area contributed by atoms with Gasteiger partial charge in [-0.25, -0.2) is 4.79 Å². The smallest absolute Gasteiger partial charge is 0.352 e. The number of carbonyl (C=O) groups is 1. The second-order valence-corrected chi connectivity index (χ2v) is 6.36. The van der Waals surface area contributed by atoms with E-state index in [2.05, 4.69) is 0 Å². The second-order valence-electron chi connectivity index (χ2n) is 5.95. The predicted octanol–water partition coefficient (Wildman–Crippen LogP) is 4.96. The van der Waals surface area contributed by atoms with E-state index in [1.165, 1.54) is 32.1 Å². The van der Waals surface area contributed by atoms with E-state index in [1.54, 1.807) is 12.1 Å². The van der Waals surface area contributed by atoms with Crippen LogP contribution in [0.5, 0.6) is 0 Å². The minimum Gasteiger partial charge on any atom is -0.477 e. The van der Waals surface area contributed by atoms with Crippen LogP contribution in [-0.2, 0) is 6.54 Å². The number of hydrogen-bond donors (Lipinski definition) is 1. The number of aromatic carboxylic acids is 1. The van der Waals surface area contributed by atoms with E-state index in [0.717, 1.165) is 29.8 Å². The Morgan fingerprint density at radius 1 is 1.29 bits per heavy atom. The molecule has 112 valence electrons. The number of hydrogen-bond acceptors (Lipinski definition) is 1. The predicted molar refractivity (Wildman–Crippen MR) is 85.1 cm³/mol. The zero-order chi connectivity index (χ0) is 14.8. The SMILES string of the molecule is O=C(O)c1cc2c(Cl)cccc2n1CCC1CCCCC1. The molecule has 0 saturated heterocycles. The topological polar surface area (TPSA) is 42.2 Å². The molecule has 1 aliphatic carbocycles. The third-order valence-electron chi connectivity index (χ3n) is 4.60. The van der Waals surface area contributed by atoms with E-state index < -0.39 is 5.97 Å².